The number of nitrogens with one attached hydrogen (secondary N) is 2. The number of fused-ring (bicyclic) bond motifs is 2. The van der Waals surface area contributed by atoms with Crippen LogP contribution in [0.15, 0.2) is 29.2 Å². The first-order valence-electron chi connectivity index (χ1n) is 13.1. The topological polar surface area (TPSA) is 109 Å². The molecule has 2 saturated heterocycles. The number of pyridine rings is 1. The summed E-state index contributed by atoms with van der Waals surface area (Å²) < 4.78 is 71.8. The van der Waals surface area contributed by atoms with E-state index in [0.29, 0.717) is 54.2 Å². The van der Waals surface area contributed by atoms with Crippen LogP contribution in [-0.4, -0.2) is 83.3 Å². The van der Waals surface area contributed by atoms with Crippen LogP contribution in [0.25, 0.3) is 10.2 Å². The molecular formula is C26H27F4N5O5S. The normalized spacial score (nSPS) is 23.0. The fourth-order valence-electron chi connectivity index (χ4n) is 5.30. The number of H-pyrrole nitrogens is 1. The predicted octanol–water partition coefficient (Wildman–Crippen LogP) is 3.59. The van der Waals surface area contributed by atoms with Gasteiger partial charge in [-0.25, -0.2) is 13.8 Å². The van der Waals surface area contributed by atoms with E-state index in [-0.39, 0.29) is 35.3 Å². The van der Waals surface area contributed by atoms with Gasteiger partial charge in [0.15, 0.2) is 16.6 Å². The molecule has 1 unspecified atom stereocenters. The Morgan fingerprint density at radius 3 is 2.66 bits per heavy atom. The second-order valence-electron chi connectivity index (χ2n) is 10.4. The summed E-state index contributed by atoms with van der Waals surface area (Å²) in [6, 6.07) is 3.43. The van der Waals surface area contributed by atoms with Crippen LogP contribution in [0.4, 0.5) is 22.7 Å². The monoisotopic (exact) mass is 597 g/mol. The Bertz CT molecular complexity index is 1480. The van der Waals surface area contributed by atoms with Crippen LogP contribution < -0.4 is 20.3 Å². The summed E-state index contributed by atoms with van der Waals surface area (Å²) in [7, 11) is 0. The van der Waals surface area contributed by atoms with Crippen LogP contribution in [-0.2, 0) is 16.1 Å². The van der Waals surface area contributed by atoms with E-state index in [0.717, 1.165) is 11.3 Å². The Kier molecular flexibility index (Phi) is 7.16. The molecule has 0 radical (unpaired) electrons. The molecule has 2 fully saturated rings. The summed E-state index contributed by atoms with van der Waals surface area (Å²) in [4.78, 5) is 36.2. The molecule has 1 amide bonds. The molecule has 10 nitrogen and oxygen atoms in total. The van der Waals surface area contributed by atoms with Gasteiger partial charge in [-0.1, -0.05) is 11.3 Å². The molecule has 5 heterocycles. The highest BCUT2D eigenvalue weighted by Crippen LogP contribution is 2.45. The molecule has 3 aliphatic rings. The zero-order valence-corrected chi connectivity index (χ0v) is 22.7. The fourth-order valence-corrected chi connectivity index (χ4v) is 6.18. The predicted molar refractivity (Wildman–Crippen MR) is 141 cm³/mol. The third-order valence-electron chi connectivity index (χ3n) is 7.63. The number of thiazole rings is 1. The maximum atomic E-state index is 15.2. The standard InChI is InChI=1S/C26H27F4N5O5S/c1-14(22(36)33-24-32-18-9-19-20(10-21(18)41-24)40-26(29,30)39-19)35-3-2-25(27,28)17(13-35)15-8-16(23(37)31-11-15)12-34-4-6-38-7-5-34/h8-11,14,17H,2-7,12-13H2,1H3,(H,31,37)(H,32,33,36)/t14-,17?/m0/s1. The number of piperidine rings is 1. The molecule has 2 aromatic heterocycles. The van der Waals surface area contributed by atoms with Crippen molar-refractivity contribution in [2.24, 2.45) is 0 Å². The number of anilines is 1. The molecule has 220 valence electrons. The van der Waals surface area contributed by atoms with Crippen molar-refractivity contribution in [2.45, 2.75) is 44.1 Å². The highest BCUT2D eigenvalue weighted by atomic mass is 32.1. The van der Waals surface area contributed by atoms with Gasteiger partial charge in [0, 0.05) is 63.0 Å². The molecular weight excluding hydrogens is 570 g/mol. The van der Waals surface area contributed by atoms with Gasteiger partial charge in [-0.2, -0.15) is 0 Å². The zero-order chi connectivity index (χ0) is 28.9. The first kappa shape index (κ1) is 27.9. The lowest BCUT2D eigenvalue weighted by Gasteiger charge is -2.40. The molecule has 0 spiro atoms. The van der Waals surface area contributed by atoms with Crippen LogP contribution in [0.1, 0.15) is 30.4 Å². The third-order valence-corrected chi connectivity index (χ3v) is 8.56. The Morgan fingerprint density at radius 1 is 1.17 bits per heavy atom. The third kappa shape index (κ3) is 5.76. The van der Waals surface area contributed by atoms with Gasteiger partial charge in [0.05, 0.1) is 35.4 Å². The van der Waals surface area contributed by atoms with Gasteiger partial charge in [-0.15, -0.1) is 8.78 Å². The number of aromatic nitrogens is 2. The maximum Gasteiger partial charge on any atom is 0.586 e. The first-order chi connectivity index (χ1) is 19.5. The first-order valence-corrected chi connectivity index (χ1v) is 13.9. The lowest BCUT2D eigenvalue weighted by atomic mass is 9.86. The summed E-state index contributed by atoms with van der Waals surface area (Å²) >= 11 is 1.06. The number of alkyl halides is 4. The Labute approximate surface area is 235 Å². The van der Waals surface area contributed by atoms with Crippen molar-refractivity contribution in [3.8, 4) is 11.5 Å². The molecule has 2 atom stereocenters. The molecule has 2 N–H and O–H groups in total. The number of benzene rings is 1. The fraction of sp³-hybridized carbons (Fsp3) is 0.500. The number of rotatable bonds is 6. The van der Waals surface area contributed by atoms with Gasteiger partial charge in [-0.3, -0.25) is 19.4 Å². The van der Waals surface area contributed by atoms with E-state index in [4.69, 9.17) is 4.74 Å². The Balaban J connectivity index is 1.15. The summed E-state index contributed by atoms with van der Waals surface area (Å²) in [6.45, 7) is 4.26. The Hall–Kier alpha value is -3.27. The molecule has 0 saturated carbocycles. The van der Waals surface area contributed by atoms with Crippen LogP contribution in [0.5, 0.6) is 11.5 Å². The van der Waals surface area contributed by atoms with Gasteiger partial charge in [-0.05, 0) is 18.6 Å². The lowest BCUT2D eigenvalue weighted by Crippen LogP contribution is -2.52. The van der Waals surface area contributed by atoms with Gasteiger partial charge in [0.1, 0.15) is 0 Å². The van der Waals surface area contributed by atoms with Crippen molar-refractivity contribution in [1.29, 1.82) is 0 Å². The van der Waals surface area contributed by atoms with E-state index in [9.17, 15) is 18.4 Å². The smallest absolute Gasteiger partial charge is 0.395 e. The maximum absolute atomic E-state index is 15.2. The average Bonchev–Trinajstić information content (AvgIpc) is 3.45. The number of halogens is 4. The molecule has 6 rings (SSSR count). The molecule has 0 aliphatic carbocycles. The quantitative estimate of drug-likeness (QED) is 0.415. The van der Waals surface area contributed by atoms with E-state index >= 15 is 8.78 Å². The zero-order valence-electron chi connectivity index (χ0n) is 21.9. The molecule has 3 aliphatic heterocycles. The summed E-state index contributed by atoms with van der Waals surface area (Å²) in [5, 5.41) is 2.93. The number of carbonyl (C=O) groups excluding carboxylic acids is 1. The number of hydrogen-bond acceptors (Lipinski definition) is 9. The number of nitrogens with zero attached hydrogens (tertiary/aromatic N) is 3. The van der Waals surface area contributed by atoms with Crippen LogP contribution in [0.2, 0.25) is 0 Å². The van der Waals surface area contributed by atoms with Gasteiger partial charge in [0.2, 0.25) is 5.91 Å². The Morgan fingerprint density at radius 2 is 1.90 bits per heavy atom. The number of hydrogen-bond donors (Lipinski definition) is 2. The van der Waals surface area contributed by atoms with Crippen molar-refractivity contribution in [3.63, 3.8) is 0 Å². The number of likely N-dealkylation sites (tertiary alicyclic amines) is 1. The minimum atomic E-state index is -3.75. The van der Waals surface area contributed by atoms with Crippen LogP contribution >= 0.6 is 11.3 Å². The number of ether oxygens (including phenoxy) is 3. The van der Waals surface area contributed by atoms with E-state index in [1.165, 1.54) is 18.3 Å². The number of aromatic amines is 1. The number of morpholine rings is 1. The number of carbonyl (C=O) groups is 1. The molecule has 15 heteroatoms. The van der Waals surface area contributed by atoms with Gasteiger partial charge >= 0.3 is 6.29 Å². The van der Waals surface area contributed by atoms with E-state index in [1.807, 2.05) is 4.90 Å². The van der Waals surface area contributed by atoms with Crippen molar-refractivity contribution in [3.05, 3.63) is 45.9 Å². The van der Waals surface area contributed by atoms with Gasteiger partial charge in [0.25, 0.3) is 11.5 Å². The minimum Gasteiger partial charge on any atom is -0.395 e. The SMILES string of the molecule is C[C@@H](C(=O)Nc1nc2cc3c(cc2s1)OC(F)(F)O3)N1CCC(F)(F)C(c2c[nH]c(=O)c(CN3CCOCC3)c2)C1. The van der Waals surface area contributed by atoms with Crippen molar-refractivity contribution >= 4 is 32.6 Å². The van der Waals surface area contributed by atoms with E-state index < -0.39 is 36.5 Å². The highest BCUT2D eigenvalue weighted by molar-refractivity contribution is 7.22. The molecule has 3 aromatic rings. The van der Waals surface area contributed by atoms with Crippen molar-refractivity contribution in [2.75, 3.05) is 44.7 Å². The van der Waals surface area contributed by atoms with Crippen LogP contribution in [0.3, 0.4) is 0 Å². The summed E-state index contributed by atoms with van der Waals surface area (Å²) in [5.74, 6) is -5.00. The molecule has 0 bridgehead atoms. The van der Waals surface area contributed by atoms with E-state index in [2.05, 4.69) is 24.8 Å². The second kappa shape index (κ2) is 10.5. The second-order valence-corrected chi connectivity index (χ2v) is 11.4. The van der Waals surface area contributed by atoms with E-state index in [1.54, 1.807) is 17.9 Å². The largest absolute Gasteiger partial charge is 0.586 e. The van der Waals surface area contributed by atoms with Crippen molar-refractivity contribution in [1.82, 2.24) is 19.8 Å². The minimum absolute atomic E-state index is 0.00245. The molecule has 1 aromatic carbocycles. The summed E-state index contributed by atoms with van der Waals surface area (Å²) in [6.07, 6.45) is -2.87. The van der Waals surface area contributed by atoms with Crippen molar-refractivity contribution < 1.29 is 36.6 Å². The van der Waals surface area contributed by atoms with Gasteiger partial charge < -0.3 is 24.5 Å². The average molecular weight is 598 g/mol. The number of amides is 1. The lowest BCUT2D eigenvalue weighted by molar-refractivity contribution is -0.286. The highest BCUT2D eigenvalue weighted by Gasteiger charge is 2.47. The van der Waals surface area contributed by atoms with Crippen LogP contribution in [0, 0.1) is 0 Å². The molecule has 41 heavy (non-hydrogen) atoms. The summed E-state index contributed by atoms with van der Waals surface area (Å²) in [5.41, 5.74) is 0.729.